The van der Waals surface area contributed by atoms with Gasteiger partial charge in [-0.1, -0.05) is 41.9 Å². The van der Waals surface area contributed by atoms with Crippen molar-refractivity contribution in [1.82, 2.24) is 10.2 Å². The maximum atomic E-state index is 12.8. The Labute approximate surface area is 165 Å². The first-order valence-corrected chi connectivity index (χ1v) is 10.0. The molecule has 0 spiro atoms. The highest BCUT2D eigenvalue weighted by atomic mass is 35.5. The fourth-order valence-electron chi connectivity index (χ4n) is 3.98. The van der Waals surface area contributed by atoms with Gasteiger partial charge in [-0.05, 0) is 43.0 Å². The maximum absolute atomic E-state index is 12.8. The summed E-state index contributed by atoms with van der Waals surface area (Å²) in [6, 6.07) is 16.5. The Kier molecular flexibility index (Phi) is 5.65. The highest BCUT2D eigenvalue weighted by molar-refractivity contribution is 6.31. The number of ether oxygens (including phenoxy) is 1. The van der Waals surface area contributed by atoms with E-state index >= 15 is 0 Å². The Morgan fingerprint density at radius 3 is 2.85 bits per heavy atom. The third kappa shape index (κ3) is 4.63. The lowest BCUT2D eigenvalue weighted by Crippen LogP contribution is -2.39. The second-order valence-corrected chi connectivity index (χ2v) is 7.88. The van der Waals surface area contributed by atoms with Crippen molar-refractivity contribution in [3.8, 4) is 5.75 Å². The van der Waals surface area contributed by atoms with Crippen LogP contribution in [0.5, 0.6) is 5.75 Å². The van der Waals surface area contributed by atoms with Crippen LogP contribution in [0.25, 0.3) is 0 Å². The van der Waals surface area contributed by atoms with Crippen molar-refractivity contribution in [2.45, 2.75) is 44.4 Å². The van der Waals surface area contributed by atoms with E-state index in [1.807, 2.05) is 53.4 Å². The Balaban J connectivity index is 1.36. The number of hydrogen-bond donors (Lipinski definition) is 1. The number of nitrogens with one attached hydrogen (secondary N) is 1. The van der Waals surface area contributed by atoms with Gasteiger partial charge in [0, 0.05) is 35.8 Å². The van der Waals surface area contributed by atoms with Gasteiger partial charge < -0.3 is 15.0 Å². The molecule has 0 radical (unpaired) electrons. The topological polar surface area (TPSA) is 41.6 Å². The zero-order valence-corrected chi connectivity index (χ0v) is 16.1. The molecule has 0 saturated carbocycles. The summed E-state index contributed by atoms with van der Waals surface area (Å²) in [5, 5.41) is 4.32. The number of halogens is 1. The number of carbonyl (C=O) groups excluding carboxylic acids is 1. The number of benzene rings is 2. The fourth-order valence-corrected chi connectivity index (χ4v) is 4.17. The summed E-state index contributed by atoms with van der Waals surface area (Å²) in [6.07, 6.45) is 3.90. The van der Waals surface area contributed by atoms with E-state index in [9.17, 15) is 4.79 Å². The number of hydrogen-bond acceptors (Lipinski definition) is 3. The zero-order valence-electron chi connectivity index (χ0n) is 15.4. The van der Waals surface area contributed by atoms with Gasteiger partial charge in [-0.2, -0.15) is 0 Å². The van der Waals surface area contributed by atoms with Gasteiger partial charge in [0.2, 0.25) is 5.91 Å². The highest BCUT2D eigenvalue weighted by Gasteiger charge is 2.30. The number of rotatable bonds is 5. The second-order valence-electron chi connectivity index (χ2n) is 7.47. The van der Waals surface area contributed by atoms with E-state index in [1.54, 1.807) is 0 Å². The highest BCUT2D eigenvalue weighted by Crippen LogP contribution is 2.22. The molecule has 2 saturated heterocycles. The molecule has 2 fully saturated rings. The van der Waals surface area contributed by atoms with E-state index in [-0.39, 0.29) is 5.91 Å². The van der Waals surface area contributed by atoms with Gasteiger partial charge in [-0.3, -0.25) is 4.79 Å². The SMILES string of the molecule is O=C(Cc1cccc(OCc2ccccc2Cl)c1)N1CCC2CCC(C1)N2. The van der Waals surface area contributed by atoms with E-state index in [4.69, 9.17) is 16.3 Å². The summed E-state index contributed by atoms with van der Waals surface area (Å²) >= 11 is 6.18. The minimum absolute atomic E-state index is 0.201. The van der Waals surface area contributed by atoms with E-state index in [0.29, 0.717) is 30.1 Å². The van der Waals surface area contributed by atoms with E-state index in [0.717, 1.165) is 36.4 Å². The average molecular weight is 385 g/mol. The van der Waals surface area contributed by atoms with Gasteiger partial charge in [0.05, 0.1) is 6.42 Å². The Morgan fingerprint density at radius 2 is 1.96 bits per heavy atom. The van der Waals surface area contributed by atoms with E-state index < -0.39 is 0 Å². The van der Waals surface area contributed by atoms with Crippen molar-refractivity contribution < 1.29 is 9.53 Å². The molecule has 2 aromatic rings. The van der Waals surface area contributed by atoms with Crippen LogP contribution >= 0.6 is 11.6 Å². The standard InChI is InChI=1S/C22H25ClN2O2/c23-21-7-2-1-5-17(21)15-27-20-6-3-4-16(12-20)13-22(26)25-11-10-18-8-9-19(14-25)24-18/h1-7,12,18-19,24H,8-11,13-15H2. The molecule has 2 unspecified atom stereocenters. The van der Waals surface area contributed by atoms with Crippen LogP contribution in [-0.2, 0) is 17.8 Å². The quantitative estimate of drug-likeness (QED) is 0.852. The van der Waals surface area contributed by atoms with Crippen molar-refractivity contribution in [1.29, 1.82) is 0 Å². The molecule has 0 aromatic heterocycles. The Morgan fingerprint density at radius 1 is 1.11 bits per heavy atom. The lowest BCUT2D eigenvalue weighted by Gasteiger charge is -2.24. The molecular weight excluding hydrogens is 360 g/mol. The van der Waals surface area contributed by atoms with Gasteiger partial charge >= 0.3 is 0 Å². The molecule has 1 amide bonds. The predicted octanol–water partition coefficient (Wildman–Crippen LogP) is 3.81. The predicted molar refractivity (Wildman–Crippen MR) is 107 cm³/mol. The lowest BCUT2D eigenvalue weighted by molar-refractivity contribution is -0.130. The van der Waals surface area contributed by atoms with Gasteiger partial charge in [-0.25, -0.2) is 0 Å². The van der Waals surface area contributed by atoms with Crippen LogP contribution in [0.2, 0.25) is 5.02 Å². The molecule has 142 valence electrons. The minimum Gasteiger partial charge on any atom is -0.489 e. The summed E-state index contributed by atoms with van der Waals surface area (Å²) in [6.45, 7) is 2.10. The first-order valence-electron chi connectivity index (χ1n) is 9.66. The molecule has 4 nitrogen and oxygen atoms in total. The molecule has 2 aliphatic rings. The molecule has 5 heteroatoms. The van der Waals surface area contributed by atoms with E-state index in [1.165, 1.54) is 12.8 Å². The van der Waals surface area contributed by atoms with Crippen molar-refractivity contribution in [2.75, 3.05) is 13.1 Å². The summed E-state index contributed by atoms with van der Waals surface area (Å²) in [5.74, 6) is 0.962. The number of fused-ring (bicyclic) bond motifs is 2. The molecule has 4 rings (SSSR count). The molecule has 2 atom stereocenters. The van der Waals surface area contributed by atoms with Crippen LogP contribution in [0.4, 0.5) is 0 Å². The van der Waals surface area contributed by atoms with Crippen molar-refractivity contribution in [2.24, 2.45) is 0 Å². The van der Waals surface area contributed by atoms with Crippen LogP contribution in [0.3, 0.4) is 0 Å². The molecule has 27 heavy (non-hydrogen) atoms. The maximum Gasteiger partial charge on any atom is 0.227 e. The Bertz CT molecular complexity index is 810. The van der Waals surface area contributed by atoms with Crippen LogP contribution in [-0.4, -0.2) is 36.0 Å². The Hall–Kier alpha value is -2.04. The third-order valence-corrected chi connectivity index (χ3v) is 5.85. The monoisotopic (exact) mass is 384 g/mol. The molecule has 2 aliphatic heterocycles. The second kappa shape index (κ2) is 8.32. The summed E-state index contributed by atoms with van der Waals surface area (Å²) in [4.78, 5) is 14.8. The molecule has 2 aromatic carbocycles. The van der Waals surface area contributed by atoms with Crippen molar-refractivity contribution in [3.05, 3.63) is 64.7 Å². The van der Waals surface area contributed by atoms with Crippen LogP contribution < -0.4 is 10.1 Å². The fraction of sp³-hybridized carbons (Fsp3) is 0.409. The first kappa shape index (κ1) is 18.3. The molecule has 0 aliphatic carbocycles. The van der Waals surface area contributed by atoms with Gasteiger partial charge in [-0.15, -0.1) is 0 Å². The number of likely N-dealkylation sites (tertiary alicyclic amines) is 1. The largest absolute Gasteiger partial charge is 0.489 e. The third-order valence-electron chi connectivity index (χ3n) is 5.48. The van der Waals surface area contributed by atoms with Gasteiger partial charge in [0.15, 0.2) is 0 Å². The van der Waals surface area contributed by atoms with E-state index in [2.05, 4.69) is 5.32 Å². The summed E-state index contributed by atoms with van der Waals surface area (Å²) < 4.78 is 5.88. The molecule has 2 heterocycles. The smallest absolute Gasteiger partial charge is 0.227 e. The molecule has 2 bridgehead atoms. The lowest BCUT2D eigenvalue weighted by atomic mass is 10.1. The molecule has 1 N–H and O–H groups in total. The summed E-state index contributed by atoms with van der Waals surface area (Å²) in [7, 11) is 0. The normalized spacial score (nSPS) is 21.7. The van der Waals surface area contributed by atoms with Crippen LogP contribution in [0, 0.1) is 0 Å². The minimum atomic E-state index is 0.201. The van der Waals surface area contributed by atoms with Crippen LogP contribution in [0.15, 0.2) is 48.5 Å². The summed E-state index contributed by atoms with van der Waals surface area (Å²) in [5.41, 5.74) is 1.94. The van der Waals surface area contributed by atoms with Gasteiger partial charge in [0.1, 0.15) is 12.4 Å². The number of carbonyl (C=O) groups is 1. The van der Waals surface area contributed by atoms with Crippen LogP contribution in [0.1, 0.15) is 30.4 Å². The van der Waals surface area contributed by atoms with Crippen molar-refractivity contribution in [3.63, 3.8) is 0 Å². The van der Waals surface area contributed by atoms with Crippen molar-refractivity contribution >= 4 is 17.5 Å². The number of amides is 1. The number of nitrogens with zero attached hydrogens (tertiary/aromatic N) is 1. The first-order chi connectivity index (χ1) is 13.2. The van der Waals surface area contributed by atoms with Gasteiger partial charge in [0.25, 0.3) is 0 Å². The molecular formula is C22H25ClN2O2. The zero-order chi connectivity index (χ0) is 18.6. The average Bonchev–Trinajstić information content (AvgIpc) is 3.00.